The van der Waals surface area contributed by atoms with Gasteiger partial charge in [0.2, 0.25) is 11.8 Å². The number of hydrogen-bond donors (Lipinski definition) is 1. The van der Waals surface area contributed by atoms with Crippen molar-refractivity contribution in [2.75, 3.05) is 11.6 Å². The van der Waals surface area contributed by atoms with Crippen molar-refractivity contribution in [3.8, 4) is 0 Å². The lowest BCUT2D eigenvalue weighted by atomic mass is 9.89. The molecule has 1 heterocycles. The van der Waals surface area contributed by atoms with Crippen LogP contribution >= 0.6 is 0 Å². The number of nitrogens with zero attached hydrogens (tertiary/aromatic N) is 2. The summed E-state index contributed by atoms with van der Waals surface area (Å²) < 4.78 is 28.4. The maximum Gasteiger partial charge on any atom is 0.322 e. The minimum atomic E-state index is -3.24. The van der Waals surface area contributed by atoms with Gasteiger partial charge in [-0.15, -0.1) is 5.10 Å². The van der Waals surface area contributed by atoms with Gasteiger partial charge in [-0.2, -0.15) is 0 Å². The van der Waals surface area contributed by atoms with Crippen molar-refractivity contribution in [1.29, 1.82) is 0 Å². The Kier molecular flexibility index (Phi) is 5.17. The molecular weight excluding hydrogens is 342 g/mol. The molecule has 1 N–H and O–H groups in total. The highest BCUT2D eigenvalue weighted by atomic mass is 32.2. The van der Waals surface area contributed by atoms with Gasteiger partial charge in [-0.05, 0) is 30.5 Å². The quantitative estimate of drug-likeness (QED) is 0.876. The van der Waals surface area contributed by atoms with Crippen molar-refractivity contribution in [3.05, 3.63) is 35.7 Å². The second-order valence-electron chi connectivity index (χ2n) is 6.42. The van der Waals surface area contributed by atoms with Gasteiger partial charge in [0.1, 0.15) is 0 Å². The lowest BCUT2D eigenvalue weighted by Gasteiger charge is -2.17. The molecule has 7 nitrogen and oxygen atoms in total. The van der Waals surface area contributed by atoms with Crippen molar-refractivity contribution in [2.45, 2.75) is 49.3 Å². The zero-order valence-electron chi connectivity index (χ0n) is 14.1. The van der Waals surface area contributed by atoms with Crippen LogP contribution in [-0.2, 0) is 21.1 Å². The second kappa shape index (κ2) is 7.35. The maximum atomic E-state index is 12.1. The standard InChI is InChI=1S/C17H21N3O4S/c1-25(22,23)14-9-7-12(8-10-14)11-15(21)18-17-20-19-16(24-17)13-5-3-2-4-6-13/h7-10,13H,2-6,11H2,1H3,(H,18,20,21). The van der Waals surface area contributed by atoms with E-state index in [1.54, 1.807) is 12.1 Å². The molecule has 1 fully saturated rings. The predicted molar refractivity (Wildman–Crippen MR) is 92.0 cm³/mol. The molecule has 134 valence electrons. The normalized spacial score (nSPS) is 15.9. The Morgan fingerprint density at radius 2 is 1.84 bits per heavy atom. The SMILES string of the molecule is CS(=O)(=O)c1ccc(CC(=O)Nc2nnc(C3CCCCC3)o2)cc1. The molecule has 0 atom stereocenters. The maximum absolute atomic E-state index is 12.1. The van der Waals surface area contributed by atoms with Crippen LogP contribution in [0.15, 0.2) is 33.6 Å². The molecular formula is C17H21N3O4S. The Morgan fingerprint density at radius 1 is 1.16 bits per heavy atom. The van der Waals surface area contributed by atoms with E-state index in [-0.39, 0.29) is 29.2 Å². The first-order valence-electron chi connectivity index (χ1n) is 8.34. The molecule has 25 heavy (non-hydrogen) atoms. The molecule has 8 heteroatoms. The van der Waals surface area contributed by atoms with E-state index in [9.17, 15) is 13.2 Å². The van der Waals surface area contributed by atoms with Crippen molar-refractivity contribution < 1.29 is 17.6 Å². The molecule has 1 amide bonds. The minimum Gasteiger partial charge on any atom is -0.408 e. The predicted octanol–water partition coefficient (Wildman–Crippen LogP) is 2.70. The van der Waals surface area contributed by atoms with E-state index in [1.807, 2.05) is 0 Å². The summed E-state index contributed by atoms with van der Waals surface area (Å²) in [5.41, 5.74) is 0.705. The lowest BCUT2D eigenvalue weighted by molar-refractivity contribution is -0.115. The fourth-order valence-corrected chi connectivity index (χ4v) is 3.63. The van der Waals surface area contributed by atoms with Gasteiger partial charge in [-0.3, -0.25) is 10.1 Å². The second-order valence-corrected chi connectivity index (χ2v) is 8.44. The number of amides is 1. The van der Waals surface area contributed by atoms with Crippen LogP contribution in [0.25, 0.3) is 0 Å². The first kappa shape index (κ1) is 17.6. The highest BCUT2D eigenvalue weighted by Crippen LogP contribution is 2.32. The van der Waals surface area contributed by atoms with Gasteiger partial charge in [0.25, 0.3) is 0 Å². The highest BCUT2D eigenvalue weighted by Gasteiger charge is 2.21. The number of anilines is 1. The molecule has 1 aromatic heterocycles. The molecule has 2 aromatic rings. The number of nitrogens with one attached hydrogen (secondary N) is 1. The van der Waals surface area contributed by atoms with E-state index < -0.39 is 9.84 Å². The number of sulfone groups is 1. The fraction of sp³-hybridized carbons (Fsp3) is 0.471. The van der Waals surface area contributed by atoms with Crippen molar-refractivity contribution >= 4 is 21.8 Å². The molecule has 1 aliphatic carbocycles. The monoisotopic (exact) mass is 363 g/mol. The summed E-state index contributed by atoms with van der Waals surface area (Å²) in [5, 5.41) is 10.5. The molecule has 1 saturated carbocycles. The molecule has 0 saturated heterocycles. The Morgan fingerprint density at radius 3 is 2.48 bits per heavy atom. The Hall–Kier alpha value is -2.22. The van der Waals surface area contributed by atoms with E-state index in [4.69, 9.17) is 4.42 Å². The van der Waals surface area contributed by atoms with Gasteiger partial charge in [-0.25, -0.2) is 8.42 Å². The van der Waals surface area contributed by atoms with Crippen LogP contribution in [0.1, 0.15) is 49.5 Å². The number of carbonyl (C=O) groups excluding carboxylic acids is 1. The summed E-state index contributed by atoms with van der Waals surface area (Å²) in [7, 11) is -3.24. The summed E-state index contributed by atoms with van der Waals surface area (Å²) in [5.74, 6) is 0.592. The van der Waals surface area contributed by atoms with Gasteiger partial charge < -0.3 is 4.42 Å². The zero-order valence-corrected chi connectivity index (χ0v) is 14.9. The summed E-state index contributed by atoms with van der Waals surface area (Å²) in [6.07, 6.45) is 6.91. The minimum absolute atomic E-state index is 0.102. The van der Waals surface area contributed by atoms with Gasteiger partial charge in [0, 0.05) is 12.2 Å². The van der Waals surface area contributed by atoms with Crippen LogP contribution in [0.3, 0.4) is 0 Å². The summed E-state index contributed by atoms with van der Waals surface area (Å²) >= 11 is 0. The van der Waals surface area contributed by atoms with Gasteiger partial charge >= 0.3 is 6.01 Å². The Bertz CT molecular complexity index is 837. The van der Waals surface area contributed by atoms with E-state index in [0.29, 0.717) is 11.5 Å². The van der Waals surface area contributed by atoms with Crippen molar-refractivity contribution in [2.24, 2.45) is 0 Å². The van der Waals surface area contributed by atoms with Crippen LogP contribution in [0.2, 0.25) is 0 Å². The van der Waals surface area contributed by atoms with Gasteiger partial charge in [0.15, 0.2) is 9.84 Å². The van der Waals surface area contributed by atoms with E-state index >= 15 is 0 Å². The average molecular weight is 363 g/mol. The molecule has 1 aliphatic rings. The number of carbonyl (C=O) groups is 1. The van der Waals surface area contributed by atoms with Gasteiger partial charge in [0.05, 0.1) is 11.3 Å². The highest BCUT2D eigenvalue weighted by molar-refractivity contribution is 7.90. The molecule has 0 spiro atoms. The fourth-order valence-electron chi connectivity index (χ4n) is 3.00. The van der Waals surface area contributed by atoms with Crippen LogP contribution in [0, 0.1) is 0 Å². The summed E-state index contributed by atoms with van der Waals surface area (Å²) in [6, 6.07) is 6.34. The van der Waals surface area contributed by atoms with Crippen molar-refractivity contribution in [3.63, 3.8) is 0 Å². The summed E-state index contributed by atoms with van der Waals surface area (Å²) in [6.45, 7) is 0. The van der Waals surface area contributed by atoms with Crippen LogP contribution in [-0.4, -0.2) is 30.8 Å². The summed E-state index contributed by atoms with van der Waals surface area (Å²) in [4.78, 5) is 12.3. The van der Waals surface area contributed by atoms with Gasteiger partial charge in [-0.1, -0.05) is 36.5 Å². The molecule has 1 aromatic carbocycles. The third-order valence-electron chi connectivity index (χ3n) is 4.36. The number of benzene rings is 1. The average Bonchev–Trinajstić information content (AvgIpc) is 3.03. The van der Waals surface area contributed by atoms with Crippen LogP contribution < -0.4 is 5.32 Å². The first-order valence-corrected chi connectivity index (χ1v) is 10.2. The molecule has 0 bridgehead atoms. The topological polar surface area (TPSA) is 102 Å². The van der Waals surface area contributed by atoms with Crippen LogP contribution in [0.4, 0.5) is 6.01 Å². The molecule has 0 radical (unpaired) electrons. The number of hydrogen-bond acceptors (Lipinski definition) is 6. The number of rotatable bonds is 5. The Labute approximate surface area is 146 Å². The van der Waals surface area contributed by atoms with E-state index in [0.717, 1.165) is 31.9 Å². The largest absolute Gasteiger partial charge is 0.408 e. The Balaban J connectivity index is 1.58. The molecule has 0 aliphatic heterocycles. The first-order chi connectivity index (χ1) is 11.9. The van der Waals surface area contributed by atoms with Crippen molar-refractivity contribution in [1.82, 2.24) is 10.2 Å². The number of aromatic nitrogens is 2. The van der Waals surface area contributed by atoms with E-state index in [1.165, 1.54) is 18.6 Å². The molecule has 3 rings (SSSR count). The molecule has 0 unspecified atom stereocenters. The smallest absolute Gasteiger partial charge is 0.322 e. The third kappa shape index (κ3) is 4.66. The zero-order chi connectivity index (χ0) is 17.9. The lowest BCUT2D eigenvalue weighted by Crippen LogP contribution is -2.14. The van der Waals surface area contributed by atoms with E-state index in [2.05, 4.69) is 15.5 Å². The van der Waals surface area contributed by atoms with Crippen LogP contribution in [0.5, 0.6) is 0 Å². The third-order valence-corrected chi connectivity index (χ3v) is 5.49.